The number of esters is 1. The second-order valence-corrected chi connectivity index (χ2v) is 6.23. The number of carbonyl (C=O) groups excluding carboxylic acids is 2. The van der Waals surface area contributed by atoms with Crippen molar-refractivity contribution in [3.05, 3.63) is 58.9 Å². The fraction of sp³-hybridized carbons (Fsp3) is 0.158. The molecule has 0 atom stereocenters. The molecule has 0 bridgehead atoms. The van der Waals surface area contributed by atoms with E-state index in [1.165, 1.54) is 25.5 Å². The predicted octanol–water partition coefficient (Wildman–Crippen LogP) is 4.58. The molecule has 0 unspecified atom stereocenters. The van der Waals surface area contributed by atoms with Crippen molar-refractivity contribution < 1.29 is 27.9 Å². The first kappa shape index (κ1) is 18.7. The molecular weight excluding hydrogens is 373 g/mol. The minimum absolute atomic E-state index is 0.0141. The molecule has 2 heterocycles. The molecule has 2 aromatic heterocycles. The van der Waals surface area contributed by atoms with Crippen LogP contribution in [0.5, 0.6) is 5.75 Å². The summed E-state index contributed by atoms with van der Waals surface area (Å²) in [6.07, 6.45) is 1.48. The van der Waals surface area contributed by atoms with Crippen LogP contribution in [0.1, 0.15) is 27.6 Å². The Labute approximate surface area is 158 Å². The monoisotopic (exact) mass is 389 g/mol. The maximum atomic E-state index is 13.6. The number of hydrogen-bond donors (Lipinski definition) is 1. The molecule has 0 saturated carbocycles. The topological polar surface area (TPSA) is 77.8 Å². The van der Waals surface area contributed by atoms with Crippen LogP contribution in [0.4, 0.5) is 9.39 Å². The van der Waals surface area contributed by atoms with Gasteiger partial charge in [0.2, 0.25) is 0 Å². The largest absolute Gasteiger partial charge is 0.496 e. The van der Waals surface area contributed by atoms with Crippen LogP contribution in [0.2, 0.25) is 0 Å². The van der Waals surface area contributed by atoms with Gasteiger partial charge in [-0.1, -0.05) is 0 Å². The van der Waals surface area contributed by atoms with E-state index in [9.17, 15) is 14.0 Å². The Morgan fingerprint density at radius 2 is 2.11 bits per heavy atom. The number of ether oxygens (including phenoxy) is 2. The zero-order chi connectivity index (χ0) is 19.4. The Morgan fingerprint density at radius 3 is 2.78 bits per heavy atom. The number of halogens is 1. The second kappa shape index (κ2) is 8.05. The Bertz CT molecular complexity index is 965. The number of carbonyl (C=O) groups is 2. The zero-order valence-electron chi connectivity index (χ0n) is 14.6. The van der Waals surface area contributed by atoms with Gasteiger partial charge in [0, 0.05) is 10.9 Å². The highest BCUT2D eigenvalue weighted by molar-refractivity contribution is 7.15. The number of anilines is 1. The normalized spacial score (nSPS) is 10.5. The summed E-state index contributed by atoms with van der Waals surface area (Å²) >= 11 is 1.14. The summed E-state index contributed by atoms with van der Waals surface area (Å²) in [4.78, 5) is 25.1. The number of furan rings is 1. The van der Waals surface area contributed by atoms with E-state index in [0.29, 0.717) is 11.3 Å². The summed E-state index contributed by atoms with van der Waals surface area (Å²) < 4.78 is 29.1. The van der Waals surface area contributed by atoms with Crippen molar-refractivity contribution in [3.63, 3.8) is 0 Å². The van der Waals surface area contributed by atoms with Crippen molar-refractivity contribution in [2.24, 2.45) is 0 Å². The van der Waals surface area contributed by atoms with E-state index >= 15 is 0 Å². The van der Waals surface area contributed by atoms with Crippen molar-refractivity contribution in [1.29, 1.82) is 0 Å². The van der Waals surface area contributed by atoms with E-state index in [1.54, 1.807) is 24.4 Å². The maximum Gasteiger partial charge on any atom is 0.341 e. The lowest BCUT2D eigenvalue weighted by molar-refractivity contribution is 0.0529. The summed E-state index contributed by atoms with van der Waals surface area (Å²) in [7, 11) is 1.38. The van der Waals surface area contributed by atoms with Gasteiger partial charge in [-0.2, -0.15) is 0 Å². The number of hydrogen-bond acceptors (Lipinski definition) is 6. The molecule has 3 aromatic rings. The molecule has 0 aliphatic carbocycles. The van der Waals surface area contributed by atoms with Crippen LogP contribution in [-0.4, -0.2) is 25.6 Å². The molecule has 27 heavy (non-hydrogen) atoms. The van der Waals surface area contributed by atoms with Gasteiger partial charge in [-0.05, 0) is 37.3 Å². The molecule has 1 N–H and O–H groups in total. The number of methoxy groups -OCH3 is 1. The van der Waals surface area contributed by atoms with E-state index in [-0.39, 0.29) is 28.5 Å². The fourth-order valence-corrected chi connectivity index (χ4v) is 3.43. The van der Waals surface area contributed by atoms with Crippen LogP contribution < -0.4 is 10.1 Å². The third kappa shape index (κ3) is 3.85. The summed E-state index contributed by atoms with van der Waals surface area (Å²) in [6, 6.07) is 7.02. The van der Waals surface area contributed by atoms with Crippen LogP contribution in [0.15, 0.2) is 46.4 Å². The molecule has 0 saturated heterocycles. The van der Waals surface area contributed by atoms with E-state index in [0.717, 1.165) is 17.4 Å². The maximum absolute atomic E-state index is 13.6. The van der Waals surface area contributed by atoms with E-state index in [2.05, 4.69) is 5.32 Å². The molecule has 1 amide bonds. The fourth-order valence-electron chi connectivity index (χ4n) is 2.50. The first-order chi connectivity index (χ1) is 13.0. The number of nitrogens with one attached hydrogen (secondary N) is 1. The van der Waals surface area contributed by atoms with Crippen LogP contribution in [0, 0.1) is 5.82 Å². The van der Waals surface area contributed by atoms with Crippen molar-refractivity contribution >= 4 is 28.2 Å². The molecule has 1 aromatic carbocycles. The van der Waals surface area contributed by atoms with Crippen LogP contribution in [-0.2, 0) is 4.74 Å². The van der Waals surface area contributed by atoms with Crippen LogP contribution in [0.25, 0.3) is 11.3 Å². The Hall–Kier alpha value is -3.13. The standard InChI is InChI=1S/C19H16FNO5S/c1-3-25-19(23)16-13(15-5-4-8-26-15)10-27-18(16)21-17(22)12-9-11(20)6-7-14(12)24-2/h4-10H,3H2,1-2H3,(H,21,22). The van der Waals surface area contributed by atoms with Gasteiger partial charge in [0.1, 0.15) is 27.9 Å². The molecular formula is C19H16FNO5S. The van der Waals surface area contributed by atoms with Gasteiger partial charge in [0.05, 0.1) is 25.5 Å². The molecule has 0 radical (unpaired) electrons. The third-order valence-corrected chi connectivity index (χ3v) is 4.59. The minimum Gasteiger partial charge on any atom is -0.496 e. The highest BCUT2D eigenvalue weighted by atomic mass is 32.1. The Morgan fingerprint density at radius 1 is 1.30 bits per heavy atom. The highest BCUT2D eigenvalue weighted by Gasteiger charge is 2.25. The average molecular weight is 389 g/mol. The SMILES string of the molecule is CCOC(=O)c1c(-c2ccco2)csc1NC(=O)c1cc(F)ccc1OC. The van der Waals surface area contributed by atoms with Gasteiger partial charge in [-0.3, -0.25) is 4.79 Å². The molecule has 0 fully saturated rings. The van der Waals surface area contributed by atoms with Crippen molar-refractivity contribution in [1.82, 2.24) is 0 Å². The van der Waals surface area contributed by atoms with Crippen molar-refractivity contribution in [2.75, 3.05) is 19.0 Å². The summed E-state index contributed by atoms with van der Waals surface area (Å²) in [5.74, 6) is -1.09. The lowest BCUT2D eigenvalue weighted by atomic mass is 10.1. The number of rotatable bonds is 6. The Kier molecular flexibility index (Phi) is 5.56. The van der Waals surface area contributed by atoms with Crippen molar-refractivity contribution in [3.8, 4) is 17.1 Å². The molecule has 0 spiro atoms. The molecule has 3 rings (SSSR count). The van der Waals surface area contributed by atoms with E-state index in [1.807, 2.05) is 0 Å². The number of benzene rings is 1. The van der Waals surface area contributed by atoms with Crippen molar-refractivity contribution in [2.45, 2.75) is 6.92 Å². The average Bonchev–Trinajstić information content (AvgIpc) is 3.31. The summed E-state index contributed by atoms with van der Waals surface area (Å²) in [5.41, 5.74) is 0.700. The predicted molar refractivity (Wildman–Crippen MR) is 98.9 cm³/mol. The van der Waals surface area contributed by atoms with Gasteiger partial charge in [-0.25, -0.2) is 9.18 Å². The van der Waals surface area contributed by atoms with Gasteiger partial charge in [0.15, 0.2) is 0 Å². The summed E-state index contributed by atoms with van der Waals surface area (Å²) in [5, 5.41) is 4.60. The zero-order valence-corrected chi connectivity index (χ0v) is 15.4. The lowest BCUT2D eigenvalue weighted by Gasteiger charge is -2.10. The first-order valence-electron chi connectivity index (χ1n) is 8.02. The molecule has 6 nitrogen and oxygen atoms in total. The molecule has 0 aliphatic rings. The highest BCUT2D eigenvalue weighted by Crippen LogP contribution is 2.37. The van der Waals surface area contributed by atoms with Crippen LogP contribution in [0.3, 0.4) is 0 Å². The second-order valence-electron chi connectivity index (χ2n) is 5.35. The van der Waals surface area contributed by atoms with Crippen LogP contribution >= 0.6 is 11.3 Å². The number of amides is 1. The smallest absolute Gasteiger partial charge is 0.341 e. The minimum atomic E-state index is -0.607. The quantitative estimate of drug-likeness (QED) is 0.624. The van der Waals surface area contributed by atoms with Gasteiger partial charge < -0.3 is 19.2 Å². The third-order valence-electron chi connectivity index (χ3n) is 3.69. The van der Waals surface area contributed by atoms with E-state index in [4.69, 9.17) is 13.9 Å². The Balaban J connectivity index is 1.99. The molecule has 0 aliphatic heterocycles. The van der Waals surface area contributed by atoms with Gasteiger partial charge >= 0.3 is 5.97 Å². The first-order valence-corrected chi connectivity index (χ1v) is 8.90. The lowest BCUT2D eigenvalue weighted by Crippen LogP contribution is -2.16. The number of thiophene rings is 1. The molecule has 140 valence electrons. The van der Waals surface area contributed by atoms with E-state index < -0.39 is 17.7 Å². The summed E-state index contributed by atoms with van der Waals surface area (Å²) in [6.45, 7) is 1.87. The molecule has 8 heteroatoms. The van der Waals surface area contributed by atoms with Gasteiger partial charge in [-0.15, -0.1) is 11.3 Å². The van der Waals surface area contributed by atoms with Gasteiger partial charge in [0.25, 0.3) is 5.91 Å².